The second kappa shape index (κ2) is 7.35. The second-order valence-corrected chi connectivity index (χ2v) is 6.21. The number of aliphatic hydroxyl groups is 1. The maximum atomic E-state index is 13.4. The van der Waals surface area contributed by atoms with Gasteiger partial charge in [0, 0.05) is 30.8 Å². The number of nitrogens with one attached hydrogen (secondary N) is 1. The molecule has 2 N–H and O–H groups in total. The number of benzene rings is 1. The monoisotopic (exact) mass is 390 g/mol. The Labute approximate surface area is 140 Å². The number of hydrogen-bond acceptors (Lipinski definition) is 3. The molecule has 1 aliphatic rings. The standard InChI is InChI=1S/C15H17BrF2N2O3/c1-2-12-8(7-21)3-4-20(12)15(23)14(22)19-9-5-10(17)13(16)11(18)6-9/h5-6,8,12,21H,2-4,7H2,1H3,(H,19,22). The van der Waals surface area contributed by atoms with Crippen LogP contribution in [0.25, 0.3) is 0 Å². The van der Waals surface area contributed by atoms with Crippen LogP contribution in [-0.4, -0.2) is 41.0 Å². The maximum Gasteiger partial charge on any atom is 0.313 e. The van der Waals surface area contributed by atoms with Gasteiger partial charge in [0.25, 0.3) is 0 Å². The van der Waals surface area contributed by atoms with E-state index in [4.69, 9.17) is 0 Å². The molecule has 2 amide bonds. The van der Waals surface area contributed by atoms with Crippen LogP contribution in [0.1, 0.15) is 19.8 Å². The minimum Gasteiger partial charge on any atom is -0.396 e. The van der Waals surface area contributed by atoms with E-state index in [1.54, 1.807) is 0 Å². The maximum absolute atomic E-state index is 13.4. The number of nitrogens with zero attached hydrogens (tertiary/aromatic N) is 1. The van der Waals surface area contributed by atoms with Crippen LogP contribution in [0.4, 0.5) is 14.5 Å². The summed E-state index contributed by atoms with van der Waals surface area (Å²) < 4.78 is 26.6. The fourth-order valence-electron chi connectivity index (χ4n) is 2.88. The second-order valence-electron chi connectivity index (χ2n) is 5.41. The molecule has 5 nitrogen and oxygen atoms in total. The highest BCUT2D eigenvalue weighted by atomic mass is 79.9. The zero-order valence-corrected chi connectivity index (χ0v) is 14.1. The molecule has 1 fully saturated rings. The minimum absolute atomic E-state index is 0.0486. The number of amides is 2. The molecule has 1 aromatic carbocycles. The number of hydrogen-bond donors (Lipinski definition) is 2. The topological polar surface area (TPSA) is 69.6 Å². The fourth-order valence-corrected chi connectivity index (χ4v) is 3.11. The number of anilines is 1. The first kappa shape index (κ1) is 17.8. The van der Waals surface area contributed by atoms with Crippen LogP contribution in [-0.2, 0) is 9.59 Å². The Morgan fingerprint density at radius 2 is 2.00 bits per heavy atom. The molecule has 1 saturated heterocycles. The first-order chi connectivity index (χ1) is 10.9. The Bertz CT molecular complexity index is 604. The van der Waals surface area contributed by atoms with Crippen molar-refractivity contribution in [3.8, 4) is 0 Å². The van der Waals surface area contributed by atoms with Crippen LogP contribution in [0.3, 0.4) is 0 Å². The van der Waals surface area contributed by atoms with E-state index in [1.165, 1.54) is 4.90 Å². The lowest BCUT2D eigenvalue weighted by Gasteiger charge is -2.26. The Morgan fingerprint density at radius 1 is 1.39 bits per heavy atom. The van der Waals surface area contributed by atoms with Gasteiger partial charge in [-0.1, -0.05) is 6.92 Å². The van der Waals surface area contributed by atoms with Crippen LogP contribution >= 0.6 is 15.9 Å². The van der Waals surface area contributed by atoms with Gasteiger partial charge in [0.1, 0.15) is 11.6 Å². The minimum atomic E-state index is -0.955. The Kier molecular flexibility index (Phi) is 5.69. The lowest BCUT2D eigenvalue weighted by atomic mass is 9.99. The predicted octanol–water partition coefficient (Wildman–Crippen LogP) is 2.29. The highest BCUT2D eigenvalue weighted by Gasteiger charge is 2.37. The van der Waals surface area contributed by atoms with Crippen molar-refractivity contribution < 1.29 is 23.5 Å². The van der Waals surface area contributed by atoms with Gasteiger partial charge in [-0.25, -0.2) is 8.78 Å². The van der Waals surface area contributed by atoms with E-state index < -0.39 is 23.4 Å². The summed E-state index contributed by atoms with van der Waals surface area (Å²) in [5.41, 5.74) is -0.132. The molecule has 2 atom stereocenters. The van der Waals surface area contributed by atoms with E-state index in [2.05, 4.69) is 21.2 Å². The van der Waals surface area contributed by atoms with Crippen LogP contribution in [0.2, 0.25) is 0 Å². The zero-order chi connectivity index (χ0) is 17.1. The van der Waals surface area contributed by atoms with Crippen LogP contribution in [0.15, 0.2) is 16.6 Å². The fraction of sp³-hybridized carbons (Fsp3) is 0.467. The third-order valence-corrected chi connectivity index (χ3v) is 4.79. The first-order valence-electron chi connectivity index (χ1n) is 7.26. The van der Waals surface area contributed by atoms with Gasteiger partial charge in [-0.2, -0.15) is 0 Å². The molecule has 0 aromatic heterocycles. The van der Waals surface area contributed by atoms with E-state index in [0.29, 0.717) is 19.4 Å². The average Bonchev–Trinajstić information content (AvgIpc) is 2.94. The summed E-state index contributed by atoms with van der Waals surface area (Å²) in [6.07, 6.45) is 1.24. The number of carbonyl (C=O) groups is 2. The van der Waals surface area contributed by atoms with E-state index in [-0.39, 0.29) is 28.7 Å². The van der Waals surface area contributed by atoms with Crippen molar-refractivity contribution in [3.63, 3.8) is 0 Å². The zero-order valence-electron chi connectivity index (χ0n) is 12.5. The van der Waals surface area contributed by atoms with Gasteiger partial charge < -0.3 is 15.3 Å². The Hall–Kier alpha value is -1.54. The molecule has 0 bridgehead atoms. The van der Waals surface area contributed by atoms with Crippen molar-refractivity contribution in [3.05, 3.63) is 28.2 Å². The van der Waals surface area contributed by atoms with E-state index >= 15 is 0 Å². The number of aliphatic hydroxyl groups excluding tert-OH is 1. The van der Waals surface area contributed by atoms with Crippen molar-refractivity contribution in [2.75, 3.05) is 18.5 Å². The van der Waals surface area contributed by atoms with Gasteiger partial charge >= 0.3 is 11.8 Å². The van der Waals surface area contributed by atoms with E-state index in [0.717, 1.165) is 12.1 Å². The molecule has 1 aromatic rings. The highest BCUT2D eigenvalue weighted by molar-refractivity contribution is 9.10. The van der Waals surface area contributed by atoms with Crippen LogP contribution in [0, 0.1) is 17.6 Å². The van der Waals surface area contributed by atoms with E-state index in [1.807, 2.05) is 6.92 Å². The van der Waals surface area contributed by atoms with Crippen LogP contribution < -0.4 is 5.32 Å². The molecule has 1 heterocycles. The smallest absolute Gasteiger partial charge is 0.313 e. The summed E-state index contributed by atoms with van der Waals surface area (Å²) in [5, 5.41) is 11.5. The molecule has 2 rings (SSSR count). The molecule has 0 spiro atoms. The van der Waals surface area contributed by atoms with Gasteiger partial charge in [-0.3, -0.25) is 9.59 Å². The summed E-state index contributed by atoms with van der Waals surface area (Å²) in [5.74, 6) is -3.53. The Morgan fingerprint density at radius 3 is 2.52 bits per heavy atom. The van der Waals surface area contributed by atoms with Gasteiger partial charge in [-0.15, -0.1) is 0 Å². The normalized spacial score (nSPS) is 20.7. The summed E-state index contributed by atoms with van der Waals surface area (Å²) in [6, 6.07) is 1.64. The van der Waals surface area contributed by atoms with E-state index in [9.17, 15) is 23.5 Å². The Balaban J connectivity index is 2.10. The number of carbonyl (C=O) groups excluding carboxylic acids is 2. The lowest BCUT2D eigenvalue weighted by Crippen LogP contribution is -2.44. The molecule has 0 aliphatic carbocycles. The lowest BCUT2D eigenvalue weighted by molar-refractivity contribution is -0.144. The molecule has 0 radical (unpaired) electrons. The molecule has 1 aliphatic heterocycles. The molecule has 2 unspecified atom stereocenters. The van der Waals surface area contributed by atoms with Gasteiger partial charge in [-0.05, 0) is 40.9 Å². The van der Waals surface area contributed by atoms with Crippen LogP contribution in [0.5, 0.6) is 0 Å². The van der Waals surface area contributed by atoms with Gasteiger partial charge in [0.15, 0.2) is 0 Å². The summed E-state index contributed by atoms with van der Waals surface area (Å²) in [7, 11) is 0. The quantitative estimate of drug-likeness (QED) is 0.614. The first-order valence-corrected chi connectivity index (χ1v) is 8.05. The average molecular weight is 391 g/mol. The molecular weight excluding hydrogens is 374 g/mol. The summed E-state index contributed by atoms with van der Waals surface area (Å²) in [4.78, 5) is 25.7. The number of rotatable bonds is 3. The molecular formula is C15H17BrF2N2O3. The van der Waals surface area contributed by atoms with Crippen molar-refractivity contribution in [1.82, 2.24) is 4.90 Å². The molecule has 23 heavy (non-hydrogen) atoms. The highest BCUT2D eigenvalue weighted by Crippen LogP contribution is 2.27. The predicted molar refractivity (Wildman–Crippen MR) is 83.7 cm³/mol. The molecule has 126 valence electrons. The third-order valence-electron chi connectivity index (χ3n) is 4.03. The SMILES string of the molecule is CCC1C(CO)CCN1C(=O)C(=O)Nc1cc(F)c(Br)c(F)c1. The third kappa shape index (κ3) is 3.69. The summed E-state index contributed by atoms with van der Waals surface area (Å²) >= 11 is 2.73. The summed E-state index contributed by atoms with van der Waals surface area (Å²) in [6.45, 7) is 2.20. The van der Waals surface area contributed by atoms with Crippen molar-refractivity contribution >= 4 is 33.4 Å². The number of halogens is 3. The van der Waals surface area contributed by atoms with Gasteiger partial charge in [0.2, 0.25) is 0 Å². The van der Waals surface area contributed by atoms with Gasteiger partial charge in [0.05, 0.1) is 4.47 Å². The molecule has 8 heteroatoms. The largest absolute Gasteiger partial charge is 0.396 e. The van der Waals surface area contributed by atoms with Crippen molar-refractivity contribution in [1.29, 1.82) is 0 Å². The van der Waals surface area contributed by atoms with Crippen molar-refractivity contribution in [2.24, 2.45) is 5.92 Å². The number of likely N-dealkylation sites (tertiary alicyclic amines) is 1. The molecule has 0 saturated carbocycles. The van der Waals surface area contributed by atoms with Crippen molar-refractivity contribution in [2.45, 2.75) is 25.8 Å².